The van der Waals surface area contributed by atoms with Crippen molar-refractivity contribution in [3.05, 3.63) is 59.1 Å². The zero-order chi connectivity index (χ0) is 19.2. The van der Waals surface area contributed by atoms with E-state index in [9.17, 15) is 9.59 Å². The van der Waals surface area contributed by atoms with Gasteiger partial charge in [-0.25, -0.2) is 4.79 Å². The fourth-order valence-electron chi connectivity index (χ4n) is 2.99. The van der Waals surface area contributed by atoms with Crippen molar-refractivity contribution in [2.75, 3.05) is 43.4 Å². The lowest BCUT2D eigenvalue weighted by Gasteiger charge is -2.34. The second-order valence-corrected chi connectivity index (χ2v) is 7.00. The molecule has 142 valence electrons. The van der Waals surface area contributed by atoms with Crippen LogP contribution in [0.3, 0.4) is 0 Å². The Morgan fingerprint density at radius 2 is 1.74 bits per heavy atom. The molecule has 0 atom stereocenters. The predicted molar refractivity (Wildman–Crippen MR) is 108 cm³/mol. The van der Waals surface area contributed by atoms with Gasteiger partial charge in [0, 0.05) is 31.9 Å². The number of rotatable bonds is 4. The van der Waals surface area contributed by atoms with Crippen molar-refractivity contribution >= 4 is 34.9 Å². The molecule has 1 aliphatic rings. The topological polar surface area (TPSA) is 64.7 Å². The average Bonchev–Trinajstić information content (AvgIpc) is 2.64. The number of hydrogen-bond donors (Lipinski definition) is 2. The second kappa shape index (κ2) is 8.88. The van der Waals surface area contributed by atoms with Crippen molar-refractivity contribution in [3.63, 3.8) is 0 Å². The van der Waals surface area contributed by atoms with Crippen LogP contribution in [0.5, 0.6) is 0 Å². The number of nitrogens with one attached hydrogen (secondary N) is 2. The minimum Gasteiger partial charge on any atom is -0.324 e. The third kappa shape index (κ3) is 5.45. The maximum atomic E-state index is 12.4. The molecule has 1 aliphatic heterocycles. The molecule has 3 rings (SSSR count). The maximum Gasteiger partial charge on any atom is 0.321 e. The number of piperazine rings is 1. The van der Waals surface area contributed by atoms with Crippen LogP contribution in [0.15, 0.2) is 48.5 Å². The third-order valence-corrected chi connectivity index (χ3v) is 4.77. The highest BCUT2D eigenvalue weighted by Crippen LogP contribution is 2.20. The SMILES string of the molecule is Cc1cccc(NC(=O)N2CCN(CC(=O)Nc3ccccc3Cl)CC2)c1. The number of urea groups is 1. The van der Waals surface area contributed by atoms with Crippen molar-refractivity contribution in [1.82, 2.24) is 9.80 Å². The smallest absolute Gasteiger partial charge is 0.321 e. The molecule has 0 spiro atoms. The Balaban J connectivity index is 1.45. The first-order valence-electron chi connectivity index (χ1n) is 8.90. The minimum absolute atomic E-state index is 0.110. The summed E-state index contributed by atoms with van der Waals surface area (Å²) in [6.45, 7) is 4.73. The average molecular weight is 387 g/mol. The largest absolute Gasteiger partial charge is 0.324 e. The molecular formula is C20H23ClN4O2. The van der Waals surface area contributed by atoms with Crippen molar-refractivity contribution in [2.24, 2.45) is 0 Å². The van der Waals surface area contributed by atoms with Crippen LogP contribution in [0.2, 0.25) is 5.02 Å². The summed E-state index contributed by atoms with van der Waals surface area (Å²) in [6.07, 6.45) is 0. The Bertz CT molecular complexity index is 819. The van der Waals surface area contributed by atoms with Gasteiger partial charge in [0.2, 0.25) is 5.91 Å². The number of nitrogens with zero attached hydrogens (tertiary/aromatic N) is 2. The predicted octanol–water partition coefficient (Wildman–Crippen LogP) is 3.44. The van der Waals surface area contributed by atoms with Gasteiger partial charge >= 0.3 is 6.03 Å². The molecule has 6 nitrogen and oxygen atoms in total. The number of aryl methyl sites for hydroxylation is 1. The Labute approximate surface area is 164 Å². The van der Waals surface area contributed by atoms with Gasteiger partial charge in [0.15, 0.2) is 0 Å². The van der Waals surface area contributed by atoms with Crippen molar-refractivity contribution in [1.29, 1.82) is 0 Å². The number of para-hydroxylation sites is 1. The first-order chi connectivity index (χ1) is 13.0. The van der Waals surface area contributed by atoms with Crippen LogP contribution < -0.4 is 10.6 Å². The molecule has 2 aromatic rings. The number of anilines is 2. The molecule has 0 aromatic heterocycles. The number of amides is 3. The van der Waals surface area contributed by atoms with Gasteiger partial charge in [0.25, 0.3) is 0 Å². The fourth-order valence-corrected chi connectivity index (χ4v) is 3.17. The summed E-state index contributed by atoms with van der Waals surface area (Å²) in [6, 6.07) is 14.8. The quantitative estimate of drug-likeness (QED) is 0.846. The van der Waals surface area contributed by atoms with Gasteiger partial charge in [0.05, 0.1) is 17.3 Å². The van der Waals surface area contributed by atoms with E-state index in [1.54, 1.807) is 17.0 Å². The lowest BCUT2D eigenvalue weighted by Crippen LogP contribution is -2.51. The summed E-state index contributed by atoms with van der Waals surface area (Å²) in [5.41, 5.74) is 2.50. The standard InChI is InChI=1S/C20H23ClN4O2/c1-15-5-4-6-16(13-15)22-20(27)25-11-9-24(10-12-25)14-19(26)23-18-8-3-2-7-17(18)21/h2-8,13H,9-12,14H2,1H3,(H,22,27)(H,23,26). The number of hydrogen-bond acceptors (Lipinski definition) is 3. The van der Waals surface area contributed by atoms with Gasteiger partial charge in [-0.3, -0.25) is 9.69 Å². The summed E-state index contributed by atoms with van der Waals surface area (Å²) in [5.74, 6) is -0.110. The molecule has 7 heteroatoms. The Morgan fingerprint density at radius 1 is 1.00 bits per heavy atom. The van der Waals surface area contributed by atoms with E-state index < -0.39 is 0 Å². The van der Waals surface area contributed by atoms with Crippen LogP contribution in [0.25, 0.3) is 0 Å². The van der Waals surface area contributed by atoms with Crippen molar-refractivity contribution in [2.45, 2.75) is 6.92 Å². The van der Waals surface area contributed by atoms with Crippen LogP contribution in [0.1, 0.15) is 5.56 Å². The normalized spacial score (nSPS) is 14.7. The highest BCUT2D eigenvalue weighted by molar-refractivity contribution is 6.33. The lowest BCUT2D eigenvalue weighted by molar-refractivity contribution is -0.117. The van der Waals surface area contributed by atoms with E-state index in [-0.39, 0.29) is 18.5 Å². The summed E-state index contributed by atoms with van der Waals surface area (Å²) in [5, 5.41) is 6.26. The molecule has 0 saturated carbocycles. The number of halogens is 1. The summed E-state index contributed by atoms with van der Waals surface area (Å²) >= 11 is 6.06. The molecule has 0 bridgehead atoms. The van der Waals surface area contributed by atoms with Crippen LogP contribution >= 0.6 is 11.6 Å². The molecule has 1 saturated heterocycles. The number of carbonyl (C=O) groups excluding carboxylic acids is 2. The molecule has 1 fully saturated rings. The number of benzene rings is 2. The van der Waals surface area contributed by atoms with E-state index in [0.29, 0.717) is 36.9 Å². The fraction of sp³-hybridized carbons (Fsp3) is 0.300. The summed E-state index contributed by atoms with van der Waals surface area (Å²) in [7, 11) is 0. The van der Waals surface area contributed by atoms with Gasteiger partial charge in [-0.1, -0.05) is 35.9 Å². The monoisotopic (exact) mass is 386 g/mol. The highest BCUT2D eigenvalue weighted by atomic mass is 35.5. The minimum atomic E-state index is -0.110. The molecular weight excluding hydrogens is 364 g/mol. The molecule has 2 N–H and O–H groups in total. The van der Waals surface area contributed by atoms with E-state index in [4.69, 9.17) is 11.6 Å². The Kier molecular flexibility index (Phi) is 6.32. The van der Waals surface area contributed by atoms with Crippen LogP contribution in [0, 0.1) is 6.92 Å². The van der Waals surface area contributed by atoms with E-state index >= 15 is 0 Å². The third-order valence-electron chi connectivity index (χ3n) is 4.44. The summed E-state index contributed by atoms with van der Waals surface area (Å²) in [4.78, 5) is 28.4. The van der Waals surface area contributed by atoms with Gasteiger partial charge in [0.1, 0.15) is 0 Å². The molecule has 2 aromatic carbocycles. The first-order valence-corrected chi connectivity index (χ1v) is 9.28. The molecule has 3 amide bonds. The Morgan fingerprint density at radius 3 is 2.44 bits per heavy atom. The van der Waals surface area contributed by atoms with E-state index in [0.717, 1.165) is 11.3 Å². The van der Waals surface area contributed by atoms with Crippen molar-refractivity contribution in [3.8, 4) is 0 Å². The van der Waals surface area contributed by atoms with E-state index in [2.05, 4.69) is 10.6 Å². The molecule has 0 radical (unpaired) electrons. The van der Waals surface area contributed by atoms with Gasteiger partial charge in [-0.15, -0.1) is 0 Å². The van der Waals surface area contributed by atoms with Gasteiger partial charge < -0.3 is 15.5 Å². The zero-order valence-corrected chi connectivity index (χ0v) is 16.0. The van der Waals surface area contributed by atoms with E-state index in [1.807, 2.05) is 48.2 Å². The first kappa shape index (κ1) is 19.2. The molecule has 1 heterocycles. The second-order valence-electron chi connectivity index (χ2n) is 6.59. The van der Waals surface area contributed by atoms with Gasteiger partial charge in [-0.2, -0.15) is 0 Å². The van der Waals surface area contributed by atoms with Gasteiger partial charge in [-0.05, 0) is 36.8 Å². The maximum absolute atomic E-state index is 12.4. The van der Waals surface area contributed by atoms with E-state index in [1.165, 1.54) is 0 Å². The number of carbonyl (C=O) groups is 2. The Hall–Kier alpha value is -2.57. The molecule has 27 heavy (non-hydrogen) atoms. The zero-order valence-electron chi connectivity index (χ0n) is 15.2. The highest BCUT2D eigenvalue weighted by Gasteiger charge is 2.22. The lowest BCUT2D eigenvalue weighted by atomic mass is 10.2. The van der Waals surface area contributed by atoms with Crippen molar-refractivity contribution < 1.29 is 9.59 Å². The van der Waals surface area contributed by atoms with Crippen LogP contribution in [-0.4, -0.2) is 54.5 Å². The summed E-state index contributed by atoms with van der Waals surface area (Å²) < 4.78 is 0. The molecule has 0 aliphatic carbocycles. The van der Waals surface area contributed by atoms with Crippen LogP contribution in [0.4, 0.5) is 16.2 Å². The van der Waals surface area contributed by atoms with Crippen LogP contribution in [-0.2, 0) is 4.79 Å². The molecule has 0 unspecified atom stereocenters.